The summed E-state index contributed by atoms with van der Waals surface area (Å²) in [5, 5.41) is 4.52. The van der Waals surface area contributed by atoms with Crippen LogP contribution >= 0.6 is 11.8 Å². The molecule has 1 aromatic heterocycles. The molecule has 0 bridgehead atoms. The van der Waals surface area contributed by atoms with Gasteiger partial charge in [0, 0.05) is 30.6 Å². The van der Waals surface area contributed by atoms with E-state index in [0.29, 0.717) is 11.8 Å². The second-order valence-corrected chi connectivity index (χ2v) is 4.11. The quantitative estimate of drug-likeness (QED) is 0.766. The summed E-state index contributed by atoms with van der Waals surface area (Å²) in [7, 11) is 1.92. The second-order valence-electron chi connectivity index (χ2n) is 2.63. The Kier molecular flexibility index (Phi) is 3.62. The van der Waals surface area contributed by atoms with E-state index in [1.807, 2.05) is 35.9 Å². The van der Waals surface area contributed by atoms with Gasteiger partial charge in [-0.1, -0.05) is 6.92 Å². The van der Waals surface area contributed by atoms with E-state index in [4.69, 9.17) is 5.73 Å². The third-order valence-electron chi connectivity index (χ3n) is 1.68. The van der Waals surface area contributed by atoms with E-state index in [1.54, 1.807) is 0 Å². The highest BCUT2D eigenvalue weighted by Crippen LogP contribution is 2.26. The molecule has 0 saturated carbocycles. The van der Waals surface area contributed by atoms with Gasteiger partial charge in [-0.3, -0.25) is 4.68 Å². The van der Waals surface area contributed by atoms with Crippen molar-refractivity contribution in [3.63, 3.8) is 0 Å². The molecule has 0 spiro atoms. The van der Waals surface area contributed by atoms with Crippen molar-refractivity contribution in [2.24, 2.45) is 12.8 Å². The lowest BCUT2D eigenvalue weighted by Gasteiger charge is -2.09. The Balaban J connectivity index is 2.66. The van der Waals surface area contributed by atoms with Gasteiger partial charge < -0.3 is 5.73 Å². The van der Waals surface area contributed by atoms with Gasteiger partial charge in [0.25, 0.3) is 0 Å². The predicted octanol–water partition coefficient (Wildman–Crippen LogP) is 1.17. The van der Waals surface area contributed by atoms with E-state index >= 15 is 0 Å². The van der Waals surface area contributed by atoms with E-state index in [1.165, 1.54) is 5.56 Å². The SMILES string of the molecule is CCSC(CN)c1cnn(C)c1. The van der Waals surface area contributed by atoms with E-state index in [2.05, 4.69) is 12.0 Å². The maximum atomic E-state index is 5.64. The van der Waals surface area contributed by atoms with Crippen molar-refractivity contribution in [3.8, 4) is 0 Å². The average Bonchev–Trinajstić information content (AvgIpc) is 2.47. The molecule has 0 aliphatic heterocycles. The molecule has 0 fully saturated rings. The molecule has 2 N–H and O–H groups in total. The summed E-state index contributed by atoms with van der Waals surface area (Å²) >= 11 is 1.86. The zero-order valence-corrected chi connectivity index (χ0v) is 8.34. The molecular formula is C8H15N3S. The van der Waals surface area contributed by atoms with Crippen LogP contribution in [0.4, 0.5) is 0 Å². The summed E-state index contributed by atoms with van der Waals surface area (Å²) in [5.41, 5.74) is 6.87. The first-order valence-electron chi connectivity index (χ1n) is 4.08. The summed E-state index contributed by atoms with van der Waals surface area (Å²) in [4.78, 5) is 0. The Morgan fingerprint density at radius 1 is 1.75 bits per heavy atom. The zero-order chi connectivity index (χ0) is 8.97. The number of rotatable bonds is 4. The van der Waals surface area contributed by atoms with Gasteiger partial charge in [0.2, 0.25) is 0 Å². The first-order valence-corrected chi connectivity index (χ1v) is 5.13. The molecule has 12 heavy (non-hydrogen) atoms. The lowest BCUT2D eigenvalue weighted by Crippen LogP contribution is -2.08. The smallest absolute Gasteiger partial charge is 0.0533 e. The van der Waals surface area contributed by atoms with E-state index in [9.17, 15) is 0 Å². The number of nitrogens with two attached hydrogens (primary N) is 1. The van der Waals surface area contributed by atoms with Gasteiger partial charge >= 0.3 is 0 Å². The van der Waals surface area contributed by atoms with Gasteiger partial charge in [-0.2, -0.15) is 16.9 Å². The van der Waals surface area contributed by atoms with Crippen LogP contribution in [0.15, 0.2) is 12.4 Å². The van der Waals surface area contributed by atoms with E-state index in [0.717, 1.165) is 5.75 Å². The van der Waals surface area contributed by atoms with Crippen molar-refractivity contribution in [1.82, 2.24) is 9.78 Å². The van der Waals surface area contributed by atoms with Crippen LogP contribution in [0.2, 0.25) is 0 Å². The van der Waals surface area contributed by atoms with Gasteiger partial charge in [0.1, 0.15) is 0 Å². The first-order chi connectivity index (χ1) is 5.77. The maximum Gasteiger partial charge on any atom is 0.0533 e. The number of nitrogens with zero attached hydrogens (tertiary/aromatic N) is 2. The highest BCUT2D eigenvalue weighted by atomic mass is 32.2. The van der Waals surface area contributed by atoms with Gasteiger partial charge in [-0.15, -0.1) is 0 Å². The fourth-order valence-corrected chi connectivity index (χ4v) is 1.96. The Morgan fingerprint density at radius 3 is 2.92 bits per heavy atom. The molecule has 3 nitrogen and oxygen atoms in total. The molecule has 1 aromatic rings. The molecule has 0 radical (unpaired) electrons. The molecule has 1 atom stereocenters. The Hall–Kier alpha value is -0.480. The Morgan fingerprint density at radius 2 is 2.50 bits per heavy atom. The lowest BCUT2D eigenvalue weighted by atomic mass is 10.2. The monoisotopic (exact) mass is 185 g/mol. The number of hydrogen-bond donors (Lipinski definition) is 1. The maximum absolute atomic E-state index is 5.64. The highest BCUT2D eigenvalue weighted by molar-refractivity contribution is 7.99. The fourth-order valence-electron chi connectivity index (χ4n) is 1.11. The normalized spacial score (nSPS) is 13.2. The van der Waals surface area contributed by atoms with E-state index < -0.39 is 0 Å². The first kappa shape index (κ1) is 9.61. The van der Waals surface area contributed by atoms with Crippen LogP contribution in [0.25, 0.3) is 0 Å². The molecule has 1 unspecified atom stereocenters. The third kappa shape index (κ3) is 2.25. The van der Waals surface area contributed by atoms with Crippen LogP contribution in [0.3, 0.4) is 0 Å². The lowest BCUT2D eigenvalue weighted by molar-refractivity contribution is 0.766. The summed E-state index contributed by atoms with van der Waals surface area (Å²) in [5.74, 6) is 1.09. The molecule has 0 amide bonds. The van der Waals surface area contributed by atoms with Crippen molar-refractivity contribution >= 4 is 11.8 Å². The van der Waals surface area contributed by atoms with Crippen LogP contribution in [-0.2, 0) is 7.05 Å². The fraction of sp³-hybridized carbons (Fsp3) is 0.625. The van der Waals surface area contributed by atoms with Crippen molar-refractivity contribution < 1.29 is 0 Å². The minimum Gasteiger partial charge on any atom is -0.329 e. The molecule has 68 valence electrons. The zero-order valence-electron chi connectivity index (χ0n) is 7.53. The van der Waals surface area contributed by atoms with Crippen molar-refractivity contribution in [3.05, 3.63) is 18.0 Å². The Labute approximate surface area is 77.3 Å². The van der Waals surface area contributed by atoms with Crippen molar-refractivity contribution in [1.29, 1.82) is 0 Å². The van der Waals surface area contributed by atoms with Crippen LogP contribution < -0.4 is 5.73 Å². The third-order valence-corrected chi connectivity index (χ3v) is 2.88. The molecule has 0 aliphatic rings. The number of aryl methyl sites for hydroxylation is 1. The van der Waals surface area contributed by atoms with Gasteiger partial charge in [0.05, 0.1) is 6.20 Å². The summed E-state index contributed by atoms with van der Waals surface area (Å²) in [6.45, 7) is 2.83. The van der Waals surface area contributed by atoms with Crippen LogP contribution in [0, 0.1) is 0 Å². The molecular weight excluding hydrogens is 170 g/mol. The highest BCUT2D eigenvalue weighted by Gasteiger charge is 2.10. The summed E-state index contributed by atoms with van der Waals surface area (Å²) in [6.07, 6.45) is 3.92. The van der Waals surface area contributed by atoms with Crippen LogP contribution in [-0.4, -0.2) is 22.1 Å². The van der Waals surface area contributed by atoms with Crippen molar-refractivity contribution in [2.75, 3.05) is 12.3 Å². The largest absolute Gasteiger partial charge is 0.329 e. The molecule has 0 saturated heterocycles. The summed E-state index contributed by atoms with van der Waals surface area (Å²) < 4.78 is 1.81. The molecule has 4 heteroatoms. The molecule has 1 heterocycles. The topological polar surface area (TPSA) is 43.8 Å². The van der Waals surface area contributed by atoms with Crippen LogP contribution in [0.5, 0.6) is 0 Å². The van der Waals surface area contributed by atoms with Gasteiger partial charge in [0.15, 0.2) is 0 Å². The van der Waals surface area contributed by atoms with Crippen molar-refractivity contribution in [2.45, 2.75) is 12.2 Å². The van der Waals surface area contributed by atoms with Gasteiger partial charge in [-0.25, -0.2) is 0 Å². The van der Waals surface area contributed by atoms with E-state index in [-0.39, 0.29) is 0 Å². The Bertz CT molecular complexity index is 234. The second kappa shape index (κ2) is 4.52. The minimum atomic E-state index is 0.406. The molecule has 1 rings (SSSR count). The molecule has 0 aromatic carbocycles. The molecule has 0 aliphatic carbocycles. The number of thioether (sulfide) groups is 1. The minimum absolute atomic E-state index is 0.406. The predicted molar refractivity (Wildman–Crippen MR) is 53.1 cm³/mol. The van der Waals surface area contributed by atoms with Gasteiger partial charge in [-0.05, 0) is 5.75 Å². The number of aromatic nitrogens is 2. The summed E-state index contributed by atoms with van der Waals surface area (Å²) in [6, 6.07) is 0. The number of hydrogen-bond acceptors (Lipinski definition) is 3. The average molecular weight is 185 g/mol. The van der Waals surface area contributed by atoms with Crippen LogP contribution in [0.1, 0.15) is 17.7 Å². The standard InChI is InChI=1S/C8H15N3S/c1-3-12-8(4-9)7-5-10-11(2)6-7/h5-6,8H,3-4,9H2,1-2H3.